The van der Waals surface area contributed by atoms with Gasteiger partial charge in [-0.1, -0.05) is 50.5 Å². The molecule has 0 unspecified atom stereocenters. The SMILES string of the molecule is C.C.C.C.CC(C)(C)C(C)(C)OP(=O)(Cl)Cl. The summed E-state index contributed by atoms with van der Waals surface area (Å²) in [5.41, 5.74) is -0.765. The van der Waals surface area contributed by atoms with Gasteiger partial charge in [-0.2, -0.15) is 0 Å². The van der Waals surface area contributed by atoms with Crippen LogP contribution in [0.15, 0.2) is 0 Å². The molecular formula is C11H31Cl2O2P. The van der Waals surface area contributed by atoms with Gasteiger partial charge in [0.05, 0.1) is 5.60 Å². The molecule has 16 heavy (non-hydrogen) atoms. The Labute approximate surface area is 113 Å². The van der Waals surface area contributed by atoms with Gasteiger partial charge >= 0.3 is 6.07 Å². The van der Waals surface area contributed by atoms with Gasteiger partial charge in [0.1, 0.15) is 0 Å². The van der Waals surface area contributed by atoms with E-state index in [0.717, 1.165) is 0 Å². The van der Waals surface area contributed by atoms with Crippen molar-refractivity contribution in [2.45, 2.75) is 69.9 Å². The van der Waals surface area contributed by atoms with Crippen molar-refractivity contribution in [2.75, 3.05) is 0 Å². The Bertz CT molecular complexity index is 205. The summed E-state index contributed by atoms with van der Waals surface area (Å²) in [6.07, 6.45) is -3.44. The molecule has 0 aromatic heterocycles. The van der Waals surface area contributed by atoms with Crippen LogP contribution >= 0.6 is 28.6 Å². The summed E-state index contributed by atoms with van der Waals surface area (Å²) in [5.74, 6) is 0. The first-order chi connectivity index (χ1) is 4.96. The highest BCUT2D eigenvalue weighted by atomic mass is 35.9. The molecule has 0 spiro atoms. The van der Waals surface area contributed by atoms with Crippen LogP contribution < -0.4 is 0 Å². The smallest absolute Gasteiger partial charge is 0.300 e. The van der Waals surface area contributed by atoms with Crippen molar-refractivity contribution in [3.8, 4) is 0 Å². The van der Waals surface area contributed by atoms with E-state index in [0.29, 0.717) is 0 Å². The van der Waals surface area contributed by atoms with Crippen molar-refractivity contribution in [3.63, 3.8) is 0 Å². The quantitative estimate of drug-likeness (QED) is 0.515. The van der Waals surface area contributed by atoms with Crippen molar-refractivity contribution in [1.82, 2.24) is 0 Å². The zero-order valence-corrected chi connectivity index (χ0v) is 10.4. The fourth-order valence-corrected chi connectivity index (χ4v) is 2.24. The molecule has 0 radical (unpaired) electrons. The molecule has 0 N–H and O–H groups in total. The third-order valence-corrected chi connectivity index (χ3v) is 3.22. The average Bonchev–Trinajstić information content (AvgIpc) is 1.52. The summed E-state index contributed by atoms with van der Waals surface area (Å²) in [6.45, 7) is 9.53. The van der Waals surface area contributed by atoms with Crippen LogP contribution in [0, 0.1) is 5.41 Å². The Morgan fingerprint density at radius 3 is 1.19 bits per heavy atom. The summed E-state index contributed by atoms with van der Waals surface area (Å²) >= 11 is 10.6. The van der Waals surface area contributed by atoms with E-state index < -0.39 is 11.7 Å². The average molecular weight is 297 g/mol. The van der Waals surface area contributed by atoms with Crippen LogP contribution in [0.2, 0.25) is 0 Å². The minimum Gasteiger partial charge on any atom is -0.300 e. The molecule has 0 saturated heterocycles. The maximum Gasteiger partial charge on any atom is 0.380 e. The van der Waals surface area contributed by atoms with Crippen LogP contribution in [0.5, 0.6) is 0 Å². The summed E-state index contributed by atoms with van der Waals surface area (Å²) < 4.78 is 16.1. The predicted molar refractivity (Wildman–Crippen MR) is 80.9 cm³/mol. The molecule has 2 nitrogen and oxygen atoms in total. The van der Waals surface area contributed by atoms with Gasteiger partial charge in [-0.25, -0.2) is 0 Å². The first kappa shape index (κ1) is 30.1. The molecule has 0 aliphatic carbocycles. The van der Waals surface area contributed by atoms with E-state index in [2.05, 4.69) is 0 Å². The summed E-state index contributed by atoms with van der Waals surface area (Å²) in [4.78, 5) is 0. The first-order valence-corrected chi connectivity index (χ1v) is 7.09. The molecule has 0 heterocycles. The lowest BCUT2D eigenvalue weighted by atomic mass is 9.79. The molecule has 0 aromatic carbocycles. The highest BCUT2D eigenvalue weighted by Gasteiger charge is 2.38. The highest BCUT2D eigenvalue weighted by Crippen LogP contribution is 2.62. The molecule has 0 rings (SSSR count). The van der Waals surface area contributed by atoms with E-state index in [1.54, 1.807) is 0 Å². The first-order valence-electron chi connectivity index (χ1n) is 3.66. The Morgan fingerprint density at radius 1 is 0.875 bits per heavy atom. The van der Waals surface area contributed by atoms with Gasteiger partial charge in [0.25, 0.3) is 0 Å². The predicted octanol–water partition coefficient (Wildman–Crippen LogP) is 6.96. The normalized spacial score (nSPS) is 11.2. The van der Waals surface area contributed by atoms with Crippen molar-refractivity contribution in [3.05, 3.63) is 0 Å². The summed E-state index contributed by atoms with van der Waals surface area (Å²) in [6, 6.07) is 0. The molecule has 0 fully saturated rings. The Hall–Kier alpha value is 0.770. The minimum absolute atomic E-state index is 0. The van der Waals surface area contributed by atoms with E-state index >= 15 is 0 Å². The van der Waals surface area contributed by atoms with Gasteiger partial charge in [-0.15, -0.1) is 0 Å². The Balaban J connectivity index is -0.000000101. The van der Waals surface area contributed by atoms with Crippen LogP contribution in [0.4, 0.5) is 0 Å². The second-order valence-electron chi connectivity index (χ2n) is 4.27. The lowest BCUT2D eigenvalue weighted by Crippen LogP contribution is -2.37. The Morgan fingerprint density at radius 2 is 1.12 bits per heavy atom. The van der Waals surface area contributed by atoms with Gasteiger partial charge in [0.15, 0.2) is 0 Å². The molecule has 0 atom stereocenters. The topological polar surface area (TPSA) is 26.3 Å². The molecule has 5 heteroatoms. The zero-order chi connectivity index (χ0) is 10.2. The van der Waals surface area contributed by atoms with Crippen molar-refractivity contribution < 1.29 is 9.09 Å². The third kappa shape index (κ3) is 11.3. The van der Waals surface area contributed by atoms with E-state index in [-0.39, 0.29) is 35.1 Å². The fraction of sp³-hybridized carbons (Fsp3) is 1.00. The number of halogens is 2. The fourth-order valence-electron chi connectivity index (χ4n) is 0.403. The minimum atomic E-state index is -3.44. The molecule has 0 aromatic rings. The van der Waals surface area contributed by atoms with Crippen LogP contribution in [-0.2, 0) is 9.09 Å². The Kier molecular flexibility index (Phi) is 16.6. The highest BCUT2D eigenvalue weighted by molar-refractivity contribution is 8.05. The van der Waals surface area contributed by atoms with Crippen LogP contribution in [0.3, 0.4) is 0 Å². The largest absolute Gasteiger partial charge is 0.380 e. The lowest BCUT2D eigenvalue weighted by molar-refractivity contribution is 0.00905. The molecule has 106 valence electrons. The van der Waals surface area contributed by atoms with Gasteiger partial charge in [0.2, 0.25) is 0 Å². The molecule has 0 aliphatic rings. The monoisotopic (exact) mass is 296 g/mol. The van der Waals surface area contributed by atoms with Crippen molar-refractivity contribution in [1.29, 1.82) is 0 Å². The molecular weight excluding hydrogens is 266 g/mol. The van der Waals surface area contributed by atoms with Crippen LogP contribution in [0.25, 0.3) is 0 Å². The number of hydrogen-bond donors (Lipinski definition) is 0. The molecule has 0 saturated carbocycles. The second-order valence-corrected chi connectivity index (χ2v) is 8.47. The number of hydrogen-bond acceptors (Lipinski definition) is 2. The molecule has 0 amide bonds. The van der Waals surface area contributed by atoms with E-state index in [1.807, 2.05) is 34.6 Å². The van der Waals surface area contributed by atoms with E-state index in [9.17, 15) is 4.57 Å². The van der Waals surface area contributed by atoms with Gasteiger partial charge in [-0.05, 0) is 41.7 Å². The van der Waals surface area contributed by atoms with Gasteiger partial charge in [0, 0.05) is 0 Å². The third-order valence-electron chi connectivity index (χ3n) is 2.14. The van der Waals surface area contributed by atoms with Gasteiger partial charge in [-0.3, -0.25) is 9.09 Å². The van der Waals surface area contributed by atoms with Crippen molar-refractivity contribution in [2.24, 2.45) is 5.41 Å². The van der Waals surface area contributed by atoms with Crippen molar-refractivity contribution >= 4 is 28.6 Å². The van der Waals surface area contributed by atoms with E-state index in [1.165, 1.54) is 0 Å². The number of rotatable bonds is 2. The zero-order valence-electron chi connectivity index (χ0n) is 8.02. The lowest BCUT2D eigenvalue weighted by Gasteiger charge is -2.38. The van der Waals surface area contributed by atoms with Crippen LogP contribution in [-0.4, -0.2) is 5.60 Å². The van der Waals surface area contributed by atoms with Gasteiger partial charge < -0.3 is 0 Å². The molecule has 0 bridgehead atoms. The maximum atomic E-state index is 11.0. The molecule has 0 aliphatic heterocycles. The second kappa shape index (κ2) is 8.80. The summed E-state index contributed by atoms with van der Waals surface area (Å²) in [7, 11) is 0. The van der Waals surface area contributed by atoms with E-state index in [4.69, 9.17) is 27.0 Å². The summed E-state index contributed by atoms with van der Waals surface area (Å²) in [5, 5.41) is 0. The standard InChI is InChI=1S/C7H15Cl2O2P.4CH4/c1-6(2,3)7(4,5)11-12(8,9)10;;;;/h1-5H3;4*1H4. The maximum absolute atomic E-state index is 11.0. The van der Waals surface area contributed by atoms with Crippen LogP contribution in [0.1, 0.15) is 64.3 Å².